The van der Waals surface area contributed by atoms with E-state index in [-0.39, 0.29) is 12.7 Å². The smallest absolute Gasteiger partial charge is 0.124 e. The Kier molecular flexibility index (Phi) is 7.89. The van der Waals surface area contributed by atoms with E-state index in [4.69, 9.17) is 14.6 Å². The maximum absolute atomic E-state index is 8.76. The Hall–Kier alpha value is -1.50. The number of hydrogen-bond acceptors (Lipinski definition) is 3. The molecule has 3 heteroatoms. The van der Waals surface area contributed by atoms with Crippen LogP contribution in [0.1, 0.15) is 44.7 Å². The van der Waals surface area contributed by atoms with E-state index in [1.54, 1.807) is 7.11 Å². The largest absolute Gasteiger partial charge is 0.496 e. The van der Waals surface area contributed by atoms with Crippen molar-refractivity contribution in [1.29, 1.82) is 0 Å². The average molecular weight is 290 g/mol. The van der Waals surface area contributed by atoms with Gasteiger partial charge in [0.05, 0.1) is 26.4 Å². The molecule has 0 saturated heterocycles. The van der Waals surface area contributed by atoms with E-state index in [2.05, 4.69) is 32.6 Å². The first-order chi connectivity index (χ1) is 10.1. The van der Waals surface area contributed by atoms with Crippen LogP contribution in [0.3, 0.4) is 0 Å². The fourth-order valence-corrected chi connectivity index (χ4v) is 2.15. The number of ether oxygens (including phenoxy) is 2. The third-order valence-electron chi connectivity index (χ3n) is 3.08. The molecule has 0 aliphatic carbocycles. The zero-order valence-corrected chi connectivity index (χ0v) is 13.5. The predicted octanol–water partition coefficient (Wildman–Crippen LogP) is 3.38. The molecule has 116 valence electrons. The fourth-order valence-electron chi connectivity index (χ4n) is 2.15. The highest BCUT2D eigenvalue weighted by molar-refractivity contribution is 5.44. The van der Waals surface area contributed by atoms with Crippen LogP contribution in [0.15, 0.2) is 18.2 Å². The molecule has 0 radical (unpaired) electrons. The van der Waals surface area contributed by atoms with Crippen molar-refractivity contribution in [2.24, 2.45) is 5.92 Å². The van der Waals surface area contributed by atoms with Crippen LogP contribution in [0.25, 0.3) is 0 Å². The van der Waals surface area contributed by atoms with E-state index < -0.39 is 0 Å². The molecule has 1 aromatic rings. The van der Waals surface area contributed by atoms with Crippen LogP contribution in [0.4, 0.5) is 0 Å². The second-order valence-corrected chi connectivity index (χ2v) is 5.55. The monoisotopic (exact) mass is 290 g/mol. The standard InChI is InChI=1S/C18H26O3/c1-14(2)11-15(3)21-13-17-12-16(7-5-6-10-19)8-9-18(17)20-4/h8-9,12,14-15,19H,6,10-11,13H2,1-4H3. The molecule has 0 aliphatic heterocycles. The van der Waals surface area contributed by atoms with E-state index in [0.29, 0.717) is 18.9 Å². The summed E-state index contributed by atoms with van der Waals surface area (Å²) >= 11 is 0. The SMILES string of the molecule is COc1ccc(C#CCCO)cc1COC(C)CC(C)C. The lowest BCUT2D eigenvalue weighted by Crippen LogP contribution is -2.11. The lowest BCUT2D eigenvalue weighted by molar-refractivity contribution is 0.0387. The summed E-state index contributed by atoms with van der Waals surface area (Å²) in [5.74, 6) is 7.40. The van der Waals surface area contributed by atoms with E-state index in [1.165, 1.54) is 0 Å². The number of rotatable bonds is 7. The summed E-state index contributed by atoms with van der Waals surface area (Å²) in [4.78, 5) is 0. The molecule has 0 heterocycles. The predicted molar refractivity (Wildman–Crippen MR) is 85.3 cm³/mol. The Morgan fingerprint density at radius 3 is 2.62 bits per heavy atom. The highest BCUT2D eigenvalue weighted by atomic mass is 16.5. The maximum Gasteiger partial charge on any atom is 0.124 e. The number of benzene rings is 1. The Morgan fingerprint density at radius 1 is 1.24 bits per heavy atom. The van der Waals surface area contributed by atoms with Crippen LogP contribution in [0.2, 0.25) is 0 Å². The Labute approximate surface area is 128 Å². The molecule has 1 rings (SSSR count). The minimum absolute atomic E-state index is 0.0891. The van der Waals surface area contributed by atoms with Crippen molar-refractivity contribution < 1.29 is 14.6 Å². The summed E-state index contributed by atoms with van der Waals surface area (Å²) in [5.41, 5.74) is 1.92. The molecule has 1 N–H and O–H groups in total. The van der Waals surface area contributed by atoms with Crippen molar-refractivity contribution in [1.82, 2.24) is 0 Å². The molecule has 0 fully saturated rings. The average Bonchev–Trinajstić information content (AvgIpc) is 2.45. The fraction of sp³-hybridized carbons (Fsp3) is 0.556. The van der Waals surface area contributed by atoms with E-state index in [9.17, 15) is 0 Å². The third-order valence-corrected chi connectivity index (χ3v) is 3.08. The summed E-state index contributed by atoms with van der Waals surface area (Å²) in [5, 5.41) is 8.76. The van der Waals surface area contributed by atoms with Gasteiger partial charge in [-0.1, -0.05) is 25.7 Å². The zero-order chi connectivity index (χ0) is 15.7. The Balaban J connectivity index is 2.74. The number of aliphatic hydroxyl groups excluding tert-OH is 1. The van der Waals surface area contributed by atoms with Gasteiger partial charge < -0.3 is 14.6 Å². The van der Waals surface area contributed by atoms with Crippen molar-refractivity contribution in [3.05, 3.63) is 29.3 Å². The normalized spacial score (nSPS) is 11.9. The topological polar surface area (TPSA) is 38.7 Å². The lowest BCUT2D eigenvalue weighted by atomic mass is 10.1. The number of methoxy groups -OCH3 is 1. The Bertz CT molecular complexity index is 483. The summed E-state index contributed by atoms with van der Waals surface area (Å²) in [6, 6.07) is 5.82. The van der Waals surface area contributed by atoms with Crippen LogP contribution in [0, 0.1) is 17.8 Å². The molecule has 3 nitrogen and oxygen atoms in total. The van der Waals surface area contributed by atoms with Gasteiger partial charge in [0.15, 0.2) is 0 Å². The summed E-state index contributed by atoms with van der Waals surface area (Å²) < 4.78 is 11.3. The quantitative estimate of drug-likeness (QED) is 0.782. The summed E-state index contributed by atoms with van der Waals surface area (Å²) in [6.07, 6.45) is 1.75. The zero-order valence-electron chi connectivity index (χ0n) is 13.5. The van der Waals surface area contributed by atoms with E-state index in [1.807, 2.05) is 18.2 Å². The van der Waals surface area contributed by atoms with E-state index >= 15 is 0 Å². The van der Waals surface area contributed by atoms with Crippen LogP contribution in [0.5, 0.6) is 5.75 Å². The van der Waals surface area contributed by atoms with Gasteiger partial charge in [0, 0.05) is 17.5 Å². The molecule has 1 atom stereocenters. The van der Waals surface area contributed by atoms with Gasteiger partial charge in [-0.25, -0.2) is 0 Å². The molecule has 1 aromatic carbocycles. The van der Waals surface area contributed by atoms with E-state index in [0.717, 1.165) is 23.3 Å². The van der Waals surface area contributed by atoms with Crippen molar-refractivity contribution in [3.63, 3.8) is 0 Å². The molecule has 0 aliphatic rings. The molecule has 0 saturated carbocycles. The first-order valence-corrected chi connectivity index (χ1v) is 7.45. The molecule has 0 aromatic heterocycles. The minimum Gasteiger partial charge on any atom is -0.496 e. The highest BCUT2D eigenvalue weighted by Gasteiger charge is 2.09. The van der Waals surface area contributed by atoms with Crippen molar-refractivity contribution >= 4 is 0 Å². The van der Waals surface area contributed by atoms with Crippen molar-refractivity contribution in [2.45, 2.75) is 46.3 Å². The van der Waals surface area contributed by atoms with Crippen LogP contribution >= 0.6 is 0 Å². The molecule has 0 amide bonds. The van der Waals surface area contributed by atoms with Gasteiger partial charge in [-0.2, -0.15) is 0 Å². The molecular formula is C18H26O3. The third kappa shape index (κ3) is 6.66. The van der Waals surface area contributed by atoms with Gasteiger partial charge in [0.2, 0.25) is 0 Å². The van der Waals surface area contributed by atoms with Gasteiger partial charge in [0.25, 0.3) is 0 Å². The van der Waals surface area contributed by atoms with Gasteiger partial charge in [-0.05, 0) is 37.5 Å². The Morgan fingerprint density at radius 2 is 2.00 bits per heavy atom. The van der Waals surface area contributed by atoms with Gasteiger partial charge >= 0.3 is 0 Å². The summed E-state index contributed by atoms with van der Waals surface area (Å²) in [7, 11) is 1.66. The molecular weight excluding hydrogens is 264 g/mol. The molecule has 0 bridgehead atoms. The number of hydrogen-bond donors (Lipinski definition) is 1. The molecule has 0 spiro atoms. The van der Waals surface area contributed by atoms with Gasteiger partial charge in [0.1, 0.15) is 5.75 Å². The van der Waals surface area contributed by atoms with Gasteiger partial charge in [-0.15, -0.1) is 0 Å². The minimum atomic E-state index is 0.0891. The maximum atomic E-state index is 8.76. The number of aliphatic hydroxyl groups is 1. The van der Waals surface area contributed by atoms with Gasteiger partial charge in [-0.3, -0.25) is 0 Å². The van der Waals surface area contributed by atoms with Crippen LogP contribution < -0.4 is 4.74 Å². The summed E-state index contributed by atoms with van der Waals surface area (Å²) in [6.45, 7) is 7.09. The first kappa shape index (κ1) is 17.6. The highest BCUT2D eigenvalue weighted by Crippen LogP contribution is 2.22. The second kappa shape index (κ2) is 9.44. The first-order valence-electron chi connectivity index (χ1n) is 7.45. The molecule has 21 heavy (non-hydrogen) atoms. The second-order valence-electron chi connectivity index (χ2n) is 5.55. The van der Waals surface area contributed by atoms with Crippen molar-refractivity contribution in [2.75, 3.05) is 13.7 Å². The van der Waals surface area contributed by atoms with Crippen LogP contribution in [-0.2, 0) is 11.3 Å². The molecule has 1 unspecified atom stereocenters. The van der Waals surface area contributed by atoms with Crippen molar-refractivity contribution in [3.8, 4) is 17.6 Å². The lowest BCUT2D eigenvalue weighted by Gasteiger charge is -2.16. The van der Waals surface area contributed by atoms with Crippen LogP contribution in [-0.4, -0.2) is 24.9 Å².